The maximum Gasteiger partial charge on any atom is 0.252 e. The quantitative estimate of drug-likeness (QED) is 0.927. The van der Waals surface area contributed by atoms with E-state index in [9.17, 15) is 9.59 Å². The molecule has 0 unspecified atom stereocenters. The number of nitrogens with one attached hydrogen (secondary N) is 1. The number of amides is 2. The molecular formula is C18H20N2O3S. The Labute approximate surface area is 145 Å². The third-order valence-electron chi connectivity index (χ3n) is 4.06. The van der Waals surface area contributed by atoms with Crippen molar-refractivity contribution < 1.29 is 14.3 Å². The van der Waals surface area contributed by atoms with Crippen LogP contribution in [0.25, 0.3) is 0 Å². The van der Waals surface area contributed by atoms with Crippen LogP contribution in [0.4, 0.5) is 0 Å². The summed E-state index contributed by atoms with van der Waals surface area (Å²) in [5.41, 5.74) is 1.63. The van der Waals surface area contributed by atoms with Gasteiger partial charge in [-0.2, -0.15) is 11.3 Å². The first-order chi connectivity index (χ1) is 11.6. The maximum absolute atomic E-state index is 12.7. The van der Waals surface area contributed by atoms with E-state index in [4.69, 9.17) is 4.74 Å². The minimum Gasteiger partial charge on any atom is -0.374 e. The van der Waals surface area contributed by atoms with Gasteiger partial charge in [-0.15, -0.1) is 0 Å². The van der Waals surface area contributed by atoms with Gasteiger partial charge in [0.1, 0.15) is 0 Å². The fourth-order valence-electron chi connectivity index (χ4n) is 2.78. The van der Waals surface area contributed by atoms with Crippen LogP contribution < -0.4 is 5.32 Å². The fraction of sp³-hybridized carbons (Fsp3) is 0.333. The molecule has 2 atom stereocenters. The molecule has 0 spiro atoms. The van der Waals surface area contributed by atoms with Crippen LogP contribution in [0.15, 0.2) is 47.2 Å². The lowest BCUT2D eigenvalue weighted by atomic mass is 10.0. The predicted molar refractivity (Wildman–Crippen MR) is 93.0 cm³/mol. The molecule has 1 N–H and O–H groups in total. The Morgan fingerprint density at radius 2 is 2.08 bits per heavy atom. The second kappa shape index (κ2) is 7.59. The first kappa shape index (κ1) is 16.7. The van der Waals surface area contributed by atoms with E-state index in [2.05, 4.69) is 5.32 Å². The summed E-state index contributed by atoms with van der Waals surface area (Å²) in [4.78, 5) is 26.5. The highest BCUT2D eigenvalue weighted by atomic mass is 32.1. The number of morpholine rings is 1. The van der Waals surface area contributed by atoms with Gasteiger partial charge in [-0.1, -0.05) is 30.3 Å². The van der Waals surface area contributed by atoms with Crippen molar-refractivity contribution in [3.05, 3.63) is 58.3 Å². The number of carbonyl (C=O) groups excluding carboxylic acids is 2. The van der Waals surface area contributed by atoms with E-state index < -0.39 is 0 Å². The molecule has 1 saturated heterocycles. The summed E-state index contributed by atoms with van der Waals surface area (Å²) in [7, 11) is 0. The summed E-state index contributed by atoms with van der Waals surface area (Å²) in [5.74, 6) is -0.315. The summed E-state index contributed by atoms with van der Waals surface area (Å²) in [6, 6.07) is 11.5. The van der Waals surface area contributed by atoms with Crippen molar-refractivity contribution >= 4 is 23.2 Å². The zero-order valence-corrected chi connectivity index (χ0v) is 14.3. The van der Waals surface area contributed by atoms with Crippen molar-refractivity contribution in [2.45, 2.75) is 19.1 Å². The lowest BCUT2D eigenvalue weighted by molar-refractivity contribution is -0.143. The van der Waals surface area contributed by atoms with Crippen LogP contribution in [0.1, 0.15) is 28.9 Å². The van der Waals surface area contributed by atoms with Gasteiger partial charge in [0.25, 0.3) is 5.91 Å². The number of rotatable bonds is 4. The van der Waals surface area contributed by atoms with Crippen LogP contribution in [0.2, 0.25) is 0 Å². The standard InChI is InChI=1S/C18H20N2O3S/c1-13-10-20(16(11-23-13)14-5-3-2-4-6-14)17(21)9-19-18(22)15-7-8-24-12-15/h2-8,12-13,16H,9-11H2,1H3,(H,19,22)/t13-,16-/m1/s1. The van der Waals surface area contributed by atoms with Gasteiger partial charge < -0.3 is 15.0 Å². The number of ether oxygens (including phenoxy) is 1. The van der Waals surface area contributed by atoms with Gasteiger partial charge >= 0.3 is 0 Å². The van der Waals surface area contributed by atoms with Crippen molar-refractivity contribution in [3.8, 4) is 0 Å². The van der Waals surface area contributed by atoms with Crippen molar-refractivity contribution in [3.63, 3.8) is 0 Å². The average Bonchev–Trinajstić information content (AvgIpc) is 3.15. The zero-order chi connectivity index (χ0) is 16.9. The van der Waals surface area contributed by atoms with Crippen LogP contribution in [-0.4, -0.2) is 42.5 Å². The molecule has 2 aromatic rings. The third kappa shape index (κ3) is 3.83. The Morgan fingerprint density at radius 3 is 2.79 bits per heavy atom. The first-order valence-electron chi connectivity index (χ1n) is 7.91. The van der Waals surface area contributed by atoms with E-state index in [1.165, 1.54) is 11.3 Å². The molecule has 126 valence electrons. The predicted octanol–water partition coefficient (Wildman–Crippen LogP) is 2.47. The molecule has 0 radical (unpaired) electrons. The normalized spacial score (nSPS) is 20.6. The molecule has 0 bridgehead atoms. The van der Waals surface area contributed by atoms with Crippen LogP contribution in [0.3, 0.4) is 0 Å². The van der Waals surface area contributed by atoms with E-state index in [-0.39, 0.29) is 30.5 Å². The van der Waals surface area contributed by atoms with E-state index in [1.54, 1.807) is 16.3 Å². The van der Waals surface area contributed by atoms with Gasteiger partial charge in [-0.3, -0.25) is 9.59 Å². The molecule has 1 aromatic heterocycles. The second-order valence-corrected chi connectivity index (χ2v) is 6.59. The molecule has 2 heterocycles. The monoisotopic (exact) mass is 344 g/mol. The summed E-state index contributed by atoms with van der Waals surface area (Å²) in [6.07, 6.45) is -0.0125. The highest BCUT2D eigenvalue weighted by Crippen LogP contribution is 2.26. The number of carbonyl (C=O) groups is 2. The largest absolute Gasteiger partial charge is 0.374 e. The van der Waals surface area contributed by atoms with Crippen molar-refractivity contribution in [2.75, 3.05) is 19.7 Å². The Hall–Kier alpha value is -2.18. The number of thiophene rings is 1. The Balaban J connectivity index is 1.67. The van der Waals surface area contributed by atoms with Crippen LogP contribution >= 0.6 is 11.3 Å². The maximum atomic E-state index is 12.7. The molecule has 1 aliphatic heterocycles. The minimum absolute atomic E-state index is 0.00919. The van der Waals surface area contributed by atoms with Crippen molar-refractivity contribution in [1.29, 1.82) is 0 Å². The lowest BCUT2D eigenvalue weighted by Crippen LogP contribution is -2.50. The summed E-state index contributed by atoms with van der Waals surface area (Å²) in [5, 5.41) is 6.31. The summed E-state index contributed by atoms with van der Waals surface area (Å²) >= 11 is 1.46. The highest BCUT2D eigenvalue weighted by molar-refractivity contribution is 7.08. The molecule has 24 heavy (non-hydrogen) atoms. The van der Waals surface area contributed by atoms with Gasteiger partial charge in [0.15, 0.2) is 0 Å². The SMILES string of the molecule is C[C@@H]1CN(C(=O)CNC(=O)c2ccsc2)[C@@H](c2ccccc2)CO1. The van der Waals surface area contributed by atoms with E-state index >= 15 is 0 Å². The zero-order valence-electron chi connectivity index (χ0n) is 13.5. The second-order valence-electron chi connectivity index (χ2n) is 5.81. The number of benzene rings is 1. The van der Waals surface area contributed by atoms with E-state index in [0.29, 0.717) is 18.7 Å². The molecule has 5 nitrogen and oxygen atoms in total. The van der Waals surface area contributed by atoms with Crippen LogP contribution in [0, 0.1) is 0 Å². The van der Waals surface area contributed by atoms with Crippen molar-refractivity contribution in [1.82, 2.24) is 10.2 Å². The van der Waals surface area contributed by atoms with Gasteiger partial charge in [0, 0.05) is 17.5 Å². The molecule has 0 saturated carbocycles. The summed E-state index contributed by atoms with van der Waals surface area (Å²) < 4.78 is 5.73. The third-order valence-corrected chi connectivity index (χ3v) is 4.74. The van der Waals surface area contributed by atoms with Crippen LogP contribution in [0.5, 0.6) is 0 Å². The Kier molecular flexibility index (Phi) is 5.27. The molecule has 2 amide bonds. The van der Waals surface area contributed by atoms with Crippen molar-refractivity contribution in [2.24, 2.45) is 0 Å². The Morgan fingerprint density at radius 1 is 1.29 bits per heavy atom. The molecule has 0 aliphatic carbocycles. The molecule has 1 fully saturated rings. The minimum atomic E-state index is -0.220. The average molecular weight is 344 g/mol. The van der Waals surface area contributed by atoms with E-state index in [0.717, 1.165) is 5.56 Å². The first-order valence-corrected chi connectivity index (χ1v) is 8.86. The van der Waals surface area contributed by atoms with Gasteiger partial charge in [-0.05, 0) is 23.9 Å². The number of hydrogen-bond acceptors (Lipinski definition) is 4. The van der Waals surface area contributed by atoms with Gasteiger partial charge in [0.2, 0.25) is 5.91 Å². The molecule has 6 heteroatoms. The number of nitrogens with zero attached hydrogens (tertiary/aromatic N) is 1. The smallest absolute Gasteiger partial charge is 0.252 e. The van der Waals surface area contributed by atoms with Gasteiger partial charge in [-0.25, -0.2) is 0 Å². The van der Waals surface area contributed by atoms with Gasteiger partial charge in [0.05, 0.1) is 25.3 Å². The summed E-state index contributed by atoms with van der Waals surface area (Å²) in [6.45, 7) is 2.93. The molecule has 1 aromatic carbocycles. The van der Waals surface area contributed by atoms with E-state index in [1.807, 2.05) is 42.6 Å². The number of hydrogen-bond donors (Lipinski definition) is 1. The van der Waals surface area contributed by atoms with Crippen LogP contribution in [-0.2, 0) is 9.53 Å². The molecule has 1 aliphatic rings. The Bertz CT molecular complexity index is 688. The topological polar surface area (TPSA) is 58.6 Å². The lowest BCUT2D eigenvalue weighted by Gasteiger charge is -2.39. The highest BCUT2D eigenvalue weighted by Gasteiger charge is 2.31. The fourth-order valence-corrected chi connectivity index (χ4v) is 3.42. The molecule has 3 rings (SSSR count). The molecular weight excluding hydrogens is 324 g/mol.